The summed E-state index contributed by atoms with van der Waals surface area (Å²) in [5.41, 5.74) is 3.21. The maximum absolute atomic E-state index is 12.1. The van der Waals surface area contributed by atoms with Crippen LogP contribution in [0.2, 0.25) is 0 Å². The minimum Gasteiger partial charge on any atom is -0.493 e. The molecule has 7 heteroatoms. The van der Waals surface area contributed by atoms with Gasteiger partial charge in [-0.15, -0.1) is 12.4 Å². The summed E-state index contributed by atoms with van der Waals surface area (Å²) in [6, 6.07) is 17.5. The number of halogens is 1. The summed E-state index contributed by atoms with van der Waals surface area (Å²) in [4.78, 5) is 16.3. The molecule has 1 atom stereocenters. The topological polar surface area (TPSA) is 55.2 Å². The smallest absolute Gasteiger partial charge is 0.161 e. The van der Waals surface area contributed by atoms with Crippen molar-refractivity contribution >= 4 is 18.7 Å². The zero-order chi connectivity index (χ0) is 22.5. The Morgan fingerprint density at radius 2 is 1.91 bits per heavy atom. The van der Waals surface area contributed by atoms with Crippen LogP contribution in [0.3, 0.4) is 0 Å². The molecule has 3 aromatic rings. The van der Waals surface area contributed by atoms with Crippen LogP contribution in [0.4, 0.5) is 0 Å². The van der Waals surface area contributed by atoms with Crippen molar-refractivity contribution in [3.05, 3.63) is 82.8 Å². The Morgan fingerprint density at radius 3 is 2.61 bits per heavy atom. The molecule has 0 saturated carbocycles. The van der Waals surface area contributed by atoms with Crippen molar-refractivity contribution in [2.24, 2.45) is 0 Å². The van der Waals surface area contributed by atoms with Crippen molar-refractivity contribution in [1.29, 1.82) is 0 Å². The van der Waals surface area contributed by atoms with Crippen LogP contribution in [0.15, 0.2) is 59.0 Å². The highest BCUT2D eigenvalue weighted by molar-refractivity contribution is 5.85. The second-order valence-corrected chi connectivity index (χ2v) is 8.38. The number of carbonyl (C=O) groups excluding carboxylic acids is 1. The third-order valence-corrected chi connectivity index (χ3v) is 5.72. The first-order valence-corrected chi connectivity index (χ1v) is 10.9. The first-order chi connectivity index (χ1) is 15.6. The molecule has 1 aliphatic heterocycles. The number of nitrogens with zero attached hydrogens (tertiary/aromatic N) is 2. The van der Waals surface area contributed by atoms with Gasteiger partial charge in [0.1, 0.15) is 24.4 Å². The van der Waals surface area contributed by atoms with Crippen LogP contribution in [0.5, 0.6) is 11.5 Å². The van der Waals surface area contributed by atoms with Crippen LogP contribution in [0.25, 0.3) is 0 Å². The van der Waals surface area contributed by atoms with Gasteiger partial charge in [0.05, 0.1) is 26.2 Å². The van der Waals surface area contributed by atoms with E-state index in [2.05, 4.69) is 15.9 Å². The summed E-state index contributed by atoms with van der Waals surface area (Å²) in [5.74, 6) is 3.19. The Kier molecular flexibility index (Phi) is 8.55. The lowest BCUT2D eigenvalue weighted by Crippen LogP contribution is -2.34. The molecule has 2 aromatic carbocycles. The van der Waals surface area contributed by atoms with Crippen molar-refractivity contribution in [3.63, 3.8) is 0 Å². The van der Waals surface area contributed by atoms with Crippen molar-refractivity contribution in [2.75, 3.05) is 27.7 Å². The predicted molar refractivity (Wildman–Crippen MR) is 130 cm³/mol. The zero-order valence-electron chi connectivity index (χ0n) is 19.3. The summed E-state index contributed by atoms with van der Waals surface area (Å²) in [6.07, 6.45) is 1.86. The third-order valence-electron chi connectivity index (χ3n) is 5.72. The van der Waals surface area contributed by atoms with Gasteiger partial charge < -0.3 is 23.6 Å². The summed E-state index contributed by atoms with van der Waals surface area (Å²) in [7, 11) is 5.67. The molecule has 0 saturated heterocycles. The molecule has 0 aliphatic carbocycles. The highest BCUT2D eigenvalue weighted by atomic mass is 35.5. The largest absolute Gasteiger partial charge is 0.493 e. The molecule has 0 radical (unpaired) electrons. The number of aldehydes is 1. The maximum atomic E-state index is 12.1. The minimum absolute atomic E-state index is 0. The molecule has 4 rings (SSSR count). The molecule has 1 aromatic heterocycles. The van der Waals surface area contributed by atoms with Gasteiger partial charge >= 0.3 is 0 Å². The molecular weight excluding hydrogens is 440 g/mol. The van der Waals surface area contributed by atoms with Gasteiger partial charge in [0, 0.05) is 6.54 Å². The van der Waals surface area contributed by atoms with Gasteiger partial charge in [0.2, 0.25) is 0 Å². The first-order valence-electron chi connectivity index (χ1n) is 10.9. The highest BCUT2D eigenvalue weighted by Gasteiger charge is 2.28. The van der Waals surface area contributed by atoms with Gasteiger partial charge in [-0.2, -0.15) is 0 Å². The van der Waals surface area contributed by atoms with Crippen LogP contribution in [0.1, 0.15) is 34.3 Å². The molecule has 176 valence electrons. The van der Waals surface area contributed by atoms with Crippen LogP contribution < -0.4 is 9.47 Å². The monoisotopic (exact) mass is 470 g/mol. The van der Waals surface area contributed by atoms with E-state index in [1.807, 2.05) is 62.6 Å². The molecule has 0 N–H and O–H groups in total. The average molecular weight is 471 g/mol. The van der Waals surface area contributed by atoms with E-state index in [0.717, 1.165) is 48.4 Å². The van der Waals surface area contributed by atoms with E-state index < -0.39 is 0 Å². The summed E-state index contributed by atoms with van der Waals surface area (Å²) < 4.78 is 17.6. The first kappa shape index (κ1) is 24.8. The van der Waals surface area contributed by atoms with Crippen molar-refractivity contribution in [2.45, 2.75) is 32.2 Å². The molecule has 1 unspecified atom stereocenters. The number of fused-ring (bicyclic) bond motifs is 1. The Bertz CT molecular complexity index is 1050. The standard InChI is InChI=1S/C26H30N2O4.ClH/c1-27(2)15-22-13-21-11-12-28(16-26(21)32-22)23(17-29)20-9-10-24(25(14-20)30-3)31-18-19-7-5-4-6-8-19;/h4-10,13-14,17,23H,11-12,15-16,18H2,1-3H3;1H. The maximum Gasteiger partial charge on any atom is 0.161 e. The number of ether oxygens (including phenoxy) is 2. The number of benzene rings is 2. The van der Waals surface area contributed by atoms with Gasteiger partial charge in [-0.05, 0) is 55.4 Å². The molecule has 0 spiro atoms. The highest BCUT2D eigenvalue weighted by Crippen LogP contribution is 2.34. The van der Waals surface area contributed by atoms with Gasteiger partial charge in [0.15, 0.2) is 11.5 Å². The molecule has 0 bridgehead atoms. The zero-order valence-corrected chi connectivity index (χ0v) is 20.1. The fourth-order valence-electron chi connectivity index (χ4n) is 4.13. The minimum atomic E-state index is -0.373. The molecule has 0 fully saturated rings. The SMILES string of the molecule is COc1cc(C(C=O)N2CCc3cc(CN(C)C)oc3C2)ccc1OCc1ccccc1.Cl. The fourth-order valence-corrected chi connectivity index (χ4v) is 4.13. The molecular formula is C26H31ClN2O4. The van der Waals surface area contributed by atoms with Gasteiger partial charge in [-0.1, -0.05) is 36.4 Å². The number of hydrogen-bond donors (Lipinski definition) is 0. The Morgan fingerprint density at radius 1 is 1.12 bits per heavy atom. The van der Waals surface area contributed by atoms with E-state index in [9.17, 15) is 4.79 Å². The quantitative estimate of drug-likeness (QED) is 0.424. The fraction of sp³-hybridized carbons (Fsp3) is 0.346. The number of hydrogen-bond acceptors (Lipinski definition) is 6. The van der Waals surface area contributed by atoms with Gasteiger partial charge in [0.25, 0.3) is 0 Å². The van der Waals surface area contributed by atoms with Crippen LogP contribution in [0, 0.1) is 0 Å². The Labute approximate surface area is 201 Å². The van der Waals surface area contributed by atoms with Crippen LogP contribution in [-0.2, 0) is 30.9 Å². The van der Waals surface area contributed by atoms with E-state index >= 15 is 0 Å². The Hall–Kier alpha value is -2.80. The lowest BCUT2D eigenvalue weighted by Gasteiger charge is -2.31. The number of carbonyl (C=O) groups is 1. The normalized spacial score (nSPS) is 14.3. The van der Waals surface area contributed by atoms with Crippen molar-refractivity contribution in [3.8, 4) is 11.5 Å². The summed E-state index contributed by atoms with van der Waals surface area (Å²) >= 11 is 0. The molecule has 1 aliphatic rings. The third kappa shape index (κ3) is 5.96. The van der Waals surface area contributed by atoms with Crippen LogP contribution in [-0.4, -0.2) is 43.8 Å². The van der Waals surface area contributed by atoms with E-state index in [0.29, 0.717) is 24.7 Å². The van der Waals surface area contributed by atoms with Crippen molar-refractivity contribution in [1.82, 2.24) is 9.80 Å². The lowest BCUT2D eigenvalue weighted by atomic mass is 10.0. The predicted octanol–water partition coefficient (Wildman–Crippen LogP) is 4.65. The average Bonchev–Trinajstić information content (AvgIpc) is 3.20. The lowest BCUT2D eigenvalue weighted by molar-refractivity contribution is -0.113. The van der Waals surface area contributed by atoms with E-state index in [4.69, 9.17) is 13.9 Å². The second-order valence-electron chi connectivity index (χ2n) is 8.38. The van der Waals surface area contributed by atoms with Gasteiger partial charge in [-0.25, -0.2) is 0 Å². The number of methoxy groups -OCH3 is 1. The summed E-state index contributed by atoms with van der Waals surface area (Å²) in [6.45, 7) is 2.63. The van der Waals surface area contributed by atoms with E-state index in [1.54, 1.807) is 7.11 Å². The summed E-state index contributed by atoms with van der Waals surface area (Å²) in [5, 5.41) is 0. The molecule has 2 heterocycles. The number of rotatable bonds is 9. The molecule has 0 amide bonds. The van der Waals surface area contributed by atoms with E-state index in [-0.39, 0.29) is 18.4 Å². The van der Waals surface area contributed by atoms with Gasteiger partial charge in [-0.3, -0.25) is 4.90 Å². The van der Waals surface area contributed by atoms with Crippen LogP contribution >= 0.6 is 12.4 Å². The molecule has 6 nitrogen and oxygen atoms in total. The Balaban J connectivity index is 0.00000306. The molecule has 33 heavy (non-hydrogen) atoms. The van der Waals surface area contributed by atoms with E-state index in [1.165, 1.54) is 5.56 Å². The second kappa shape index (κ2) is 11.4. The van der Waals surface area contributed by atoms with Crippen molar-refractivity contribution < 1.29 is 18.7 Å². The number of furan rings is 1.